The molecular formula is C17H22N2O. The van der Waals surface area contributed by atoms with Crippen LogP contribution in [0.4, 0.5) is 0 Å². The fraction of sp³-hybridized carbons (Fsp3) is 0.412. The summed E-state index contributed by atoms with van der Waals surface area (Å²) in [5, 5.41) is 0. The molecule has 0 N–H and O–H groups in total. The molecule has 2 aromatic rings. The zero-order valence-corrected chi connectivity index (χ0v) is 12.4. The summed E-state index contributed by atoms with van der Waals surface area (Å²) in [6.45, 7) is 6.24. The molecule has 0 fully saturated rings. The quantitative estimate of drug-likeness (QED) is 0.746. The van der Waals surface area contributed by atoms with Crippen LogP contribution in [0.15, 0.2) is 42.7 Å². The van der Waals surface area contributed by atoms with E-state index in [-0.39, 0.29) is 11.8 Å². The first-order valence-electron chi connectivity index (χ1n) is 7.18. The van der Waals surface area contributed by atoms with Crippen molar-refractivity contribution in [2.24, 2.45) is 5.92 Å². The molecule has 1 aromatic heterocycles. The molecule has 20 heavy (non-hydrogen) atoms. The summed E-state index contributed by atoms with van der Waals surface area (Å²) in [7, 11) is 0. The zero-order valence-electron chi connectivity index (χ0n) is 12.4. The number of carbonyl (C=O) groups is 1. The molecule has 0 radical (unpaired) electrons. The Morgan fingerprint density at radius 1 is 1.20 bits per heavy atom. The highest BCUT2D eigenvalue weighted by atomic mass is 16.1. The van der Waals surface area contributed by atoms with Crippen LogP contribution in [0.2, 0.25) is 0 Å². The molecule has 0 spiro atoms. The maximum atomic E-state index is 12.3. The smallest absolute Gasteiger partial charge is 0.198 e. The molecule has 3 nitrogen and oxygen atoms in total. The van der Waals surface area contributed by atoms with Gasteiger partial charge in [0.2, 0.25) is 0 Å². The standard InChI is InChI=1S/C17H22N2O/c1-13(2)19-10-9-18-17(19)16(20)12-14(3)11-15-7-5-4-6-8-15/h4-10,13-14H,11-12H2,1-3H3/t14-/m1/s1. The Morgan fingerprint density at radius 2 is 1.90 bits per heavy atom. The van der Waals surface area contributed by atoms with Crippen LogP contribution in [0, 0.1) is 5.92 Å². The monoisotopic (exact) mass is 270 g/mol. The summed E-state index contributed by atoms with van der Waals surface area (Å²) >= 11 is 0. The molecule has 1 atom stereocenters. The predicted molar refractivity (Wildman–Crippen MR) is 80.9 cm³/mol. The highest BCUT2D eigenvalue weighted by molar-refractivity contribution is 5.93. The van der Waals surface area contributed by atoms with Crippen LogP contribution >= 0.6 is 0 Å². The van der Waals surface area contributed by atoms with Gasteiger partial charge in [-0.3, -0.25) is 4.79 Å². The van der Waals surface area contributed by atoms with Gasteiger partial charge >= 0.3 is 0 Å². The maximum absolute atomic E-state index is 12.3. The Morgan fingerprint density at radius 3 is 2.55 bits per heavy atom. The number of ketones is 1. The molecule has 0 saturated carbocycles. The Bertz CT molecular complexity index is 557. The lowest BCUT2D eigenvalue weighted by Gasteiger charge is -2.13. The van der Waals surface area contributed by atoms with Gasteiger partial charge in [-0.1, -0.05) is 37.3 Å². The summed E-state index contributed by atoms with van der Waals surface area (Å²) in [5.74, 6) is 1.04. The van der Waals surface area contributed by atoms with Crippen molar-refractivity contribution in [3.05, 3.63) is 54.1 Å². The summed E-state index contributed by atoms with van der Waals surface area (Å²) < 4.78 is 1.94. The number of nitrogens with zero attached hydrogens (tertiary/aromatic N) is 2. The van der Waals surface area contributed by atoms with E-state index in [1.165, 1.54) is 5.56 Å². The van der Waals surface area contributed by atoms with Gasteiger partial charge < -0.3 is 4.57 Å². The molecule has 3 heteroatoms. The Balaban J connectivity index is 1.99. The van der Waals surface area contributed by atoms with Gasteiger partial charge in [0.1, 0.15) is 0 Å². The highest BCUT2D eigenvalue weighted by Gasteiger charge is 2.17. The van der Waals surface area contributed by atoms with Crippen LogP contribution in [-0.4, -0.2) is 15.3 Å². The SMILES string of the molecule is CC(C)n1ccnc1C(=O)C[C@H](C)Cc1ccccc1. The van der Waals surface area contributed by atoms with E-state index in [4.69, 9.17) is 0 Å². The van der Waals surface area contributed by atoms with Crippen molar-refractivity contribution in [3.8, 4) is 0 Å². The molecule has 2 rings (SSSR count). The number of carbonyl (C=O) groups excluding carboxylic acids is 1. The first-order valence-corrected chi connectivity index (χ1v) is 7.18. The second-order valence-electron chi connectivity index (χ2n) is 5.67. The minimum absolute atomic E-state index is 0.132. The molecule has 0 amide bonds. The van der Waals surface area contributed by atoms with E-state index < -0.39 is 0 Å². The van der Waals surface area contributed by atoms with E-state index in [9.17, 15) is 4.79 Å². The van der Waals surface area contributed by atoms with Gasteiger partial charge in [-0.2, -0.15) is 0 Å². The largest absolute Gasteiger partial charge is 0.326 e. The lowest BCUT2D eigenvalue weighted by Crippen LogP contribution is -2.15. The van der Waals surface area contributed by atoms with Crippen molar-refractivity contribution in [2.75, 3.05) is 0 Å². The third-order valence-electron chi connectivity index (χ3n) is 3.44. The average molecular weight is 270 g/mol. The first kappa shape index (κ1) is 14.5. The number of hydrogen-bond acceptors (Lipinski definition) is 2. The van der Waals surface area contributed by atoms with Crippen molar-refractivity contribution >= 4 is 5.78 Å². The van der Waals surface area contributed by atoms with Crippen molar-refractivity contribution < 1.29 is 4.79 Å². The van der Waals surface area contributed by atoms with E-state index in [2.05, 4.69) is 37.9 Å². The van der Waals surface area contributed by atoms with E-state index in [1.54, 1.807) is 6.20 Å². The van der Waals surface area contributed by atoms with E-state index in [0.29, 0.717) is 18.2 Å². The predicted octanol–water partition coefficient (Wildman–Crippen LogP) is 3.92. The van der Waals surface area contributed by atoms with Crippen LogP contribution in [0.5, 0.6) is 0 Å². The van der Waals surface area contributed by atoms with Gasteiger partial charge in [-0.15, -0.1) is 0 Å². The zero-order chi connectivity index (χ0) is 14.5. The minimum Gasteiger partial charge on any atom is -0.326 e. The second kappa shape index (κ2) is 6.51. The number of hydrogen-bond donors (Lipinski definition) is 0. The van der Waals surface area contributed by atoms with Crippen LogP contribution in [0.1, 0.15) is 49.4 Å². The molecule has 0 unspecified atom stereocenters. The van der Waals surface area contributed by atoms with Crippen LogP contribution in [-0.2, 0) is 6.42 Å². The summed E-state index contributed by atoms with van der Waals surface area (Å²) in [5.41, 5.74) is 1.28. The van der Waals surface area contributed by atoms with E-state index in [0.717, 1.165) is 6.42 Å². The fourth-order valence-corrected chi connectivity index (χ4v) is 2.44. The van der Waals surface area contributed by atoms with Crippen molar-refractivity contribution in [1.29, 1.82) is 0 Å². The first-order chi connectivity index (χ1) is 9.58. The Kier molecular flexibility index (Phi) is 4.72. The van der Waals surface area contributed by atoms with Gasteiger partial charge in [0.25, 0.3) is 0 Å². The molecule has 0 aliphatic rings. The lowest BCUT2D eigenvalue weighted by atomic mass is 9.96. The van der Waals surface area contributed by atoms with Crippen molar-refractivity contribution in [1.82, 2.24) is 9.55 Å². The van der Waals surface area contributed by atoms with Crippen LogP contribution < -0.4 is 0 Å². The third-order valence-corrected chi connectivity index (χ3v) is 3.44. The molecule has 106 valence electrons. The molecule has 0 aliphatic heterocycles. The third kappa shape index (κ3) is 3.56. The normalized spacial score (nSPS) is 12.6. The molecule has 0 saturated heterocycles. The maximum Gasteiger partial charge on any atom is 0.198 e. The van der Waals surface area contributed by atoms with Crippen molar-refractivity contribution in [2.45, 2.75) is 39.7 Å². The van der Waals surface area contributed by atoms with Crippen LogP contribution in [0.25, 0.3) is 0 Å². The second-order valence-corrected chi connectivity index (χ2v) is 5.67. The van der Waals surface area contributed by atoms with Gasteiger partial charge in [0.05, 0.1) is 0 Å². The van der Waals surface area contributed by atoms with Gasteiger partial charge in [-0.05, 0) is 31.7 Å². The molecular weight excluding hydrogens is 248 g/mol. The van der Waals surface area contributed by atoms with Gasteiger partial charge in [0.15, 0.2) is 11.6 Å². The highest BCUT2D eigenvalue weighted by Crippen LogP contribution is 2.16. The Labute approximate surface area is 120 Å². The number of benzene rings is 1. The number of rotatable bonds is 6. The summed E-state index contributed by atoms with van der Waals surface area (Å²) in [6, 6.07) is 10.6. The summed E-state index contributed by atoms with van der Waals surface area (Å²) in [6.07, 6.45) is 5.04. The minimum atomic E-state index is 0.132. The molecule has 1 heterocycles. The fourth-order valence-electron chi connectivity index (χ4n) is 2.44. The number of aromatic nitrogens is 2. The van der Waals surface area contributed by atoms with Gasteiger partial charge in [-0.25, -0.2) is 4.98 Å². The molecule has 1 aromatic carbocycles. The molecule has 0 bridgehead atoms. The topological polar surface area (TPSA) is 34.9 Å². The average Bonchev–Trinajstić information content (AvgIpc) is 2.89. The summed E-state index contributed by atoms with van der Waals surface area (Å²) in [4.78, 5) is 16.6. The van der Waals surface area contributed by atoms with E-state index in [1.807, 2.05) is 29.0 Å². The van der Waals surface area contributed by atoms with Gasteiger partial charge in [0, 0.05) is 24.9 Å². The van der Waals surface area contributed by atoms with Crippen molar-refractivity contribution in [3.63, 3.8) is 0 Å². The lowest BCUT2D eigenvalue weighted by molar-refractivity contribution is 0.0948. The number of Topliss-reactive ketones (excluding diaryl/α,β-unsaturated/α-hetero) is 1. The molecule has 0 aliphatic carbocycles. The number of imidazole rings is 1. The van der Waals surface area contributed by atoms with Crippen LogP contribution in [0.3, 0.4) is 0 Å². The Hall–Kier alpha value is -1.90. The van der Waals surface area contributed by atoms with E-state index >= 15 is 0 Å².